The largest absolute Gasteiger partial charge is 0.357 e. The summed E-state index contributed by atoms with van der Waals surface area (Å²) in [6, 6.07) is 7.38. The number of anilines is 1. The van der Waals surface area contributed by atoms with Crippen LogP contribution in [0.4, 0.5) is 5.69 Å². The van der Waals surface area contributed by atoms with Crippen molar-refractivity contribution in [3.05, 3.63) is 29.8 Å². The van der Waals surface area contributed by atoms with Gasteiger partial charge in [0.05, 0.1) is 18.5 Å². The molecule has 0 aromatic heterocycles. The van der Waals surface area contributed by atoms with E-state index in [4.69, 9.17) is 4.99 Å². The standard InChI is InChI=1S/C17H28N4O2S.HI/c1-4-18-17(21-11-7-8-14(2)13-21)19-12-15-9-5-6-10-16(15)20-24(3,22)23;/h5-6,9-10,14,20H,4,7-8,11-13H2,1-3H3,(H,18,19);1H. The summed E-state index contributed by atoms with van der Waals surface area (Å²) in [4.78, 5) is 7.03. The fourth-order valence-electron chi connectivity index (χ4n) is 2.93. The van der Waals surface area contributed by atoms with Gasteiger partial charge in [-0.15, -0.1) is 24.0 Å². The number of hydrogen-bond acceptors (Lipinski definition) is 3. The first-order chi connectivity index (χ1) is 11.4. The summed E-state index contributed by atoms with van der Waals surface area (Å²) in [5, 5.41) is 3.35. The Morgan fingerprint density at radius 1 is 1.36 bits per heavy atom. The lowest BCUT2D eigenvalue weighted by atomic mass is 10.0. The van der Waals surface area contributed by atoms with Crippen molar-refractivity contribution in [3.8, 4) is 0 Å². The van der Waals surface area contributed by atoms with Gasteiger partial charge in [-0.2, -0.15) is 0 Å². The van der Waals surface area contributed by atoms with Gasteiger partial charge in [-0.3, -0.25) is 4.72 Å². The van der Waals surface area contributed by atoms with Gasteiger partial charge < -0.3 is 10.2 Å². The van der Waals surface area contributed by atoms with Crippen LogP contribution in [0.2, 0.25) is 0 Å². The van der Waals surface area contributed by atoms with Gasteiger partial charge in [0.15, 0.2) is 5.96 Å². The minimum absolute atomic E-state index is 0. The third kappa shape index (κ3) is 7.39. The maximum Gasteiger partial charge on any atom is 0.229 e. The molecule has 2 N–H and O–H groups in total. The molecular weight excluding hydrogens is 451 g/mol. The van der Waals surface area contributed by atoms with Crippen LogP contribution in [0.3, 0.4) is 0 Å². The van der Waals surface area contributed by atoms with E-state index in [1.807, 2.05) is 18.2 Å². The molecule has 1 aliphatic heterocycles. The van der Waals surface area contributed by atoms with Crippen molar-refractivity contribution in [2.45, 2.75) is 33.2 Å². The highest BCUT2D eigenvalue weighted by atomic mass is 127. The van der Waals surface area contributed by atoms with E-state index in [9.17, 15) is 8.42 Å². The molecule has 6 nitrogen and oxygen atoms in total. The highest BCUT2D eigenvalue weighted by Crippen LogP contribution is 2.19. The molecule has 0 bridgehead atoms. The van der Waals surface area contributed by atoms with E-state index >= 15 is 0 Å². The number of hydrogen-bond donors (Lipinski definition) is 2. The van der Waals surface area contributed by atoms with Crippen LogP contribution in [0.15, 0.2) is 29.3 Å². The van der Waals surface area contributed by atoms with Crippen LogP contribution in [-0.4, -0.2) is 45.2 Å². The average molecular weight is 480 g/mol. The van der Waals surface area contributed by atoms with Crippen molar-refractivity contribution < 1.29 is 8.42 Å². The third-order valence-electron chi connectivity index (χ3n) is 4.00. The minimum Gasteiger partial charge on any atom is -0.357 e. The van der Waals surface area contributed by atoms with E-state index in [-0.39, 0.29) is 24.0 Å². The van der Waals surface area contributed by atoms with E-state index in [1.54, 1.807) is 6.07 Å². The molecule has 0 saturated carbocycles. The maximum atomic E-state index is 11.5. The van der Waals surface area contributed by atoms with Gasteiger partial charge in [0, 0.05) is 19.6 Å². The first-order valence-electron chi connectivity index (χ1n) is 8.48. The van der Waals surface area contributed by atoms with Crippen molar-refractivity contribution in [1.29, 1.82) is 0 Å². The summed E-state index contributed by atoms with van der Waals surface area (Å²) in [5.41, 5.74) is 1.45. The zero-order chi connectivity index (χ0) is 17.6. The molecule has 0 amide bonds. The topological polar surface area (TPSA) is 73.8 Å². The molecular formula is C17H29IN4O2S. The molecule has 1 unspecified atom stereocenters. The van der Waals surface area contributed by atoms with Gasteiger partial charge in [-0.25, -0.2) is 13.4 Å². The fourth-order valence-corrected chi connectivity index (χ4v) is 3.52. The summed E-state index contributed by atoms with van der Waals surface area (Å²) < 4.78 is 25.6. The summed E-state index contributed by atoms with van der Waals surface area (Å²) in [5.74, 6) is 1.57. The first kappa shape index (κ1) is 22.0. The Morgan fingerprint density at radius 3 is 2.72 bits per heavy atom. The number of likely N-dealkylation sites (tertiary alicyclic amines) is 1. The van der Waals surface area contributed by atoms with Crippen molar-refractivity contribution in [2.75, 3.05) is 30.6 Å². The number of benzene rings is 1. The Balaban J connectivity index is 0.00000312. The Labute approximate surface area is 168 Å². The molecule has 1 aromatic carbocycles. The molecule has 1 atom stereocenters. The summed E-state index contributed by atoms with van der Waals surface area (Å²) in [7, 11) is -3.30. The van der Waals surface area contributed by atoms with Gasteiger partial charge in [0.2, 0.25) is 10.0 Å². The molecule has 1 fully saturated rings. The second-order valence-electron chi connectivity index (χ2n) is 6.39. The quantitative estimate of drug-likeness (QED) is 0.386. The number of rotatable bonds is 5. The number of nitrogens with one attached hydrogen (secondary N) is 2. The smallest absolute Gasteiger partial charge is 0.229 e. The normalized spacial score (nSPS) is 18.4. The molecule has 0 spiro atoms. The molecule has 142 valence electrons. The maximum absolute atomic E-state index is 11.5. The Bertz CT molecular complexity index is 679. The van der Waals surface area contributed by atoms with Crippen LogP contribution in [0.5, 0.6) is 0 Å². The fraction of sp³-hybridized carbons (Fsp3) is 0.588. The lowest BCUT2D eigenvalue weighted by molar-refractivity contribution is 0.266. The predicted octanol–water partition coefficient (Wildman–Crippen LogP) is 2.87. The van der Waals surface area contributed by atoms with Crippen LogP contribution in [-0.2, 0) is 16.6 Å². The monoisotopic (exact) mass is 480 g/mol. The van der Waals surface area contributed by atoms with Crippen molar-refractivity contribution >= 4 is 45.6 Å². The van der Waals surface area contributed by atoms with Crippen molar-refractivity contribution in [1.82, 2.24) is 10.2 Å². The molecule has 2 rings (SSSR count). The van der Waals surface area contributed by atoms with E-state index in [0.717, 1.165) is 37.4 Å². The van der Waals surface area contributed by atoms with E-state index in [2.05, 4.69) is 28.8 Å². The number of sulfonamides is 1. The lowest BCUT2D eigenvalue weighted by Crippen LogP contribution is -2.46. The van der Waals surface area contributed by atoms with Gasteiger partial charge >= 0.3 is 0 Å². The third-order valence-corrected chi connectivity index (χ3v) is 4.59. The average Bonchev–Trinajstić information content (AvgIpc) is 2.51. The number of piperidine rings is 1. The Morgan fingerprint density at radius 2 is 2.08 bits per heavy atom. The number of halogens is 1. The van der Waals surface area contributed by atoms with Gasteiger partial charge in [-0.1, -0.05) is 25.1 Å². The van der Waals surface area contributed by atoms with Crippen molar-refractivity contribution in [3.63, 3.8) is 0 Å². The molecule has 1 aliphatic rings. The predicted molar refractivity (Wildman–Crippen MR) is 115 cm³/mol. The zero-order valence-corrected chi connectivity index (χ0v) is 18.3. The van der Waals surface area contributed by atoms with Crippen LogP contribution in [0, 0.1) is 5.92 Å². The first-order valence-corrected chi connectivity index (χ1v) is 10.4. The van der Waals surface area contributed by atoms with Crippen LogP contribution in [0.25, 0.3) is 0 Å². The molecule has 25 heavy (non-hydrogen) atoms. The second kappa shape index (κ2) is 10.2. The molecule has 1 aromatic rings. The van der Waals surface area contributed by atoms with E-state index in [1.165, 1.54) is 12.8 Å². The number of para-hydroxylation sites is 1. The molecule has 1 saturated heterocycles. The van der Waals surface area contributed by atoms with Crippen LogP contribution < -0.4 is 10.0 Å². The SMILES string of the molecule is CCNC(=NCc1ccccc1NS(C)(=O)=O)N1CCCC(C)C1.I. The Hall–Kier alpha value is -1.03. The lowest BCUT2D eigenvalue weighted by Gasteiger charge is -2.33. The van der Waals surface area contributed by atoms with Crippen molar-refractivity contribution in [2.24, 2.45) is 10.9 Å². The van der Waals surface area contributed by atoms with E-state index < -0.39 is 10.0 Å². The molecule has 0 aliphatic carbocycles. The number of nitrogens with zero attached hydrogens (tertiary/aromatic N) is 2. The zero-order valence-electron chi connectivity index (χ0n) is 15.2. The van der Waals surface area contributed by atoms with Gasteiger partial charge in [-0.05, 0) is 37.3 Å². The molecule has 0 radical (unpaired) electrons. The highest BCUT2D eigenvalue weighted by molar-refractivity contribution is 14.0. The second-order valence-corrected chi connectivity index (χ2v) is 8.14. The highest BCUT2D eigenvalue weighted by Gasteiger charge is 2.19. The summed E-state index contributed by atoms with van der Waals surface area (Å²) >= 11 is 0. The molecule has 1 heterocycles. The van der Waals surface area contributed by atoms with Crippen LogP contribution >= 0.6 is 24.0 Å². The minimum atomic E-state index is -3.30. The number of guanidine groups is 1. The van der Waals surface area contributed by atoms with E-state index in [0.29, 0.717) is 18.2 Å². The number of aliphatic imine (C=N–C) groups is 1. The molecule has 8 heteroatoms. The van der Waals surface area contributed by atoms with Gasteiger partial charge in [0.25, 0.3) is 0 Å². The van der Waals surface area contributed by atoms with Crippen LogP contribution in [0.1, 0.15) is 32.3 Å². The summed E-state index contributed by atoms with van der Waals surface area (Å²) in [6.45, 7) is 7.59. The van der Waals surface area contributed by atoms with Gasteiger partial charge in [0.1, 0.15) is 0 Å². The summed E-state index contributed by atoms with van der Waals surface area (Å²) in [6.07, 6.45) is 3.60. The Kier molecular flexibility index (Phi) is 8.98.